The molecule has 0 unspecified atom stereocenters. The van der Waals surface area contributed by atoms with Gasteiger partial charge in [-0.25, -0.2) is 4.79 Å². The molecule has 0 aliphatic rings. The van der Waals surface area contributed by atoms with E-state index in [1.807, 2.05) is 0 Å². The van der Waals surface area contributed by atoms with Crippen LogP contribution < -0.4 is 16.4 Å². The average Bonchev–Trinajstić information content (AvgIpc) is 2.27. The summed E-state index contributed by atoms with van der Waals surface area (Å²) in [4.78, 5) is 22.9. The highest BCUT2D eigenvalue weighted by Crippen LogP contribution is 2.28. The van der Waals surface area contributed by atoms with Crippen LogP contribution in [0.4, 0.5) is 10.5 Å². The Hall–Kier alpha value is -1.40. The number of urea groups is 1. The molecule has 0 fully saturated rings. The van der Waals surface area contributed by atoms with Crippen LogP contribution in [0.2, 0.25) is 5.02 Å². The number of anilines is 1. The summed E-state index contributed by atoms with van der Waals surface area (Å²) in [5.74, 6) is -0.279. The first-order valence-electron chi connectivity index (χ1n) is 4.72. The van der Waals surface area contributed by atoms with E-state index >= 15 is 0 Å². The molecule has 4 N–H and O–H groups in total. The summed E-state index contributed by atoms with van der Waals surface area (Å²) in [6, 6.07) is 4.51. The van der Waals surface area contributed by atoms with Crippen molar-refractivity contribution in [3.05, 3.63) is 23.2 Å². The molecule has 0 aliphatic heterocycles. The van der Waals surface area contributed by atoms with E-state index in [1.54, 1.807) is 18.2 Å². The molecule has 0 atom stereocenters. The van der Waals surface area contributed by atoms with Crippen LogP contribution in [0.5, 0.6) is 0 Å². The predicted octanol–water partition coefficient (Wildman–Crippen LogP) is 1.47. The lowest BCUT2D eigenvalue weighted by atomic mass is 10.3. The average molecular weight is 274 g/mol. The lowest BCUT2D eigenvalue weighted by molar-refractivity contribution is -0.117. The SMILES string of the molecule is CNC(=O)NC(=O)CSc1ccc(N)cc1Cl. The minimum Gasteiger partial charge on any atom is -0.399 e. The molecule has 0 aliphatic carbocycles. The summed E-state index contributed by atoms with van der Waals surface area (Å²) in [5.41, 5.74) is 6.11. The molecule has 17 heavy (non-hydrogen) atoms. The zero-order chi connectivity index (χ0) is 12.8. The number of nitrogens with one attached hydrogen (secondary N) is 2. The summed E-state index contributed by atoms with van der Waals surface area (Å²) >= 11 is 7.17. The number of imide groups is 1. The summed E-state index contributed by atoms with van der Waals surface area (Å²) in [6.45, 7) is 0. The maximum absolute atomic E-state index is 11.3. The Morgan fingerprint density at radius 2 is 2.18 bits per heavy atom. The van der Waals surface area contributed by atoms with E-state index in [0.717, 1.165) is 4.90 Å². The second-order valence-corrected chi connectivity index (χ2v) is 4.53. The number of halogens is 1. The second kappa shape index (κ2) is 6.36. The van der Waals surface area contributed by atoms with Crippen LogP contribution in [0, 0.1) is 0 Å². The topological polar surface area (TPSA) is 84.2 Å². The molecule has 92 valence electrons. The molecule has 1 aromatic rings. The van der Waals surface area contributed by atoms with Crippen LogP contribution in [-0.4, -0.2) is 24.7 Å². The fourth-order valence-electron chi connectivity index (χ4n) is 1.00. The van der Waals surface area contributed by atoms with Crippen LogP contribution in [-0.2, 0) is 4.79 Å². The normalized spacial score (nSPS) is 9.76. The third kappa shape index (κ3) is 4.54. The van der Waals surface area contributed by atoms with Crippen LogP contribution in [0.1, 0.15) is 0 Å². The number of hydrogen-bond acceptors (Lipinski definition) is 4. The summed E-state index contributed by atoms with van der Waals surface area (Å²) in [6.07, 6.45) is 0. The van der Waals surface area contributed by atoms with E-state index in [0.29, 0.717) is 10.7 Å². The van der Waals surface area contributed by atoms with Crippen molar-refractivity contribution in [3.8, 4) is 0 Å². The van der Waals surface area contributed by atoms with Gasteiger partial charge >= 0.3 is 6.03 Å². The molecule has 7 heteroatoms. The van der Waals surface area contributed by atoms with Crippen molar-refractivity contribution in [2.75, 3.05) is 18.5 Å². The molecule has 0 bridgehead atoms. The highest BCUT2D eigenvalue weighted by Gasteiger charge is 2.08. The van der Waals surface area contributed by atoms with Gasteiger partial charge in [0, 0.05) is 17.6 Å². The van der Waals surface area contributed by atoms with Crippen molar-refractivity contribution in [3.63, 3.8) is 0 Å². The Bertz CT molecular complexity index is 440. The molecule has 0 radical (unpaired) electrons. The van der Waals surface area contributed by atoms with Gasteiger partial charge in [0.2, 0.25) is 5.91 Å². The van der Waals surface area contributed by atoms with E-state index in [2.05, 4.69) is 10.6 Å². The zero-order valence-corrected chi connectivity index (χ0v) is 10.7. The van der Waals surface area contributed by atoms with Crippen molar-refractivity contribution in [1.29, 1.82) is 0 Å². The largest absolute Gasteiger partial charge is 0.399 e. The Morgan fingerprint density at radius 3 is 2.76 bits per heavy atom. The first-order chi connectivity index (χ1) is 8.02. The lowest BCUT2D eigenvalue weighted by Crippen LogP contribution is -2.38. The van der Waals surface area contributed by atoms with Crippen molar-refractivity contribution >= 4 is 41.0 Å². The molecule has 1 rings (SSSR count). The summed E-state index contributed by atoms with van der Waals surface area (Å²) in [7, 11) is 1.44. The van der Waals surface area contributed by atoms with Gasteiger partial charge in [0.1, 0.15) is 0 Å². The van der Waals surface area contributed by atoms with Crippen LogP contribution in [0.15, 0.2) is 23.1 Å². The summed E-state index contributed by atoms with van der Waals surface area (Å²) in [5, 5.41) is 4.93. The Labute approximate surface area is 108 Å². The van der Waals surface area contributed by atoms with E-state index in [1.165, 1.54) is 18.8 Å². The molecule has 0 saturated heterocycles. The molecule has 0 spiro atoms. The highest BCUT2D eigenvalue weighted by atomic mass is 35.5. The Balaban J connectivity index is 2.50. The molecule has 1 aromatic carbocycles. The van der Waals surface area contributed by atoms with Gasteiger partial charge in [-0.3, -0.25) is 10.1 Å². The number of thioether (sulfide) groups is 1. The van der Waals surface area contributed by atoms with Gasteiger partial charge < -0.3 is 11.1 Å². The van der Waals surface area contributed by atoms with Crippen LogP contribution in [0.3, 0.4) is 0 Å². The van der Waals surface area contributed by atoms with Gasteiger partial charge in [-0.1, -0.05) is 11.6 Å². The molecular weight excluding hydrogens is 262 g/mol. The molecular formula is C10H12ClN3O2S. The number of rotatable bonds is 3. The number of benzene rings is 1. The first-order valence-corrected chi connectivity index (χ1v) is 6.08. The third-order valence-corrected chi connectivity index (χ3v) is 3.29. The fourth-order valence-corrected chi connectivity index (χ4v) is 2.08. The lowest BCUT2D eigenvalue weighted by Gasteiger charge is -2.05. The number of carbonyl (C=O) groups excluding carboxylic acids is 2. The first kappa shape index (κ1) is 13.7. The maximum atomic E-state index is 11.3. The quantitative estimate of drug-likeness (QED) is 0.575. The Kier molecular flexibility index (Phi) is 5.11. The van der Waals surface area contributed by atoms with Gasteiger partial charge in [0.15, 0.2) is 0 Å². The maximum Gasteiger partial charge on any atom is 0.321 e. The molecule has 0 aromatic heterocycles. The monoisotopic (exact) mass is 273 g/mol. The number of nitrogen functional groups attached to an aromatic ring is 1. The smallest absolute Gasteiger partial charge is 0.321 e. The number of nitrogens with two attached hydrogens (primary N) is 1. The predicted molar refractivity (Wildman–Crippen MR) is 69.2 cm³/mol. The number of hydrogen-bond donors (Lipinski definition) is 3. The summed E-state index contributed by atoms with van der Waals surface area (Å²) < 4.78 is 0. The zero-order valence-electron chi connectivity index (χ0n) is 9.12. The van der Waals surface area contributed by atoms with E-state index in [4.69, 9.17) is 17.3 Å². The van der Waals surface area contributed by atoms with Crippen molar-refractivity contribution in [2.45, 2.75) is 4.90 Å². The molecule has 0 heterocycles. The van der Waals surface area contributed by atoms with E-state index in [-0.39, 0.29) is 11.7 Å². The van der Waals surface area contributed by atoms with Gasteiger partial charge in [-0.2, -0.15) is 0 Å². The minimum atomic E-state index is -0.529. The number of carbonyl (C=O) groups is 2. The Morgan fingerprint density at radius 1 is 1.47 bits per heavy atom. The van der Waals surface area contributed by atoms with Crippen molar-refractivity contribution in [2.24, 2.45) is 0 Å². The molecule has 5 nitrogen and oxygen atoms in total. The number of amides is 3. The van der Waals surface area contributed by atoms with Crippen molar-refractivity contribution < 1.29 is 9.59 Å². The minimum absolute atomic E-state index is 0.108. The standard InChI is InChI=1S/C10H12ClN3O2S/c1-13-10(16)14-9(15)5-17-8-3-2-6(12)4-7(8)11/h2-4H,5,12H2,1H3,(H2,13,14,15,16). The van der Waals surface area contributed by atoms with E-state index in [9.17, 15) is 9.59 Å². The fraction of sp³-hybridized carbons (Fsp3) is 0.200. The van der Waals surface area contributed by atoms with Gasteiger partial charge in [-0.05, 0) is 18.2 Å². The van der Waals surface area contributed by atoms with Gasteiger partial charge in [0.25, 0.3) is 0 Å². The third-order valence-electron chi connectivity index (χ3n) is 1.79. The van der Waals surface area contributed by atoms with Crippen molar-refractivity contribution in [1.82, 2.24) is 10.6 Å². The van der Waals surface area contributed by atoms with E-state index < -0.39 is 6.03 Å². The molecule has 3 amide bonds. The van der Waals surface area contributed by atoms with Gasteiger partial charge in [-0.15, -0.1) is 11.8 Å². The van der Waals surface area contributed by atoms with Crippen LogP contribution in [0.25, 0.3) is 0 Å². The molecule has 0 saturated carbocycles. The van der Waals surface area contributed by atoms with Gasteiger partial charge in [0.05, 0.1) is 10.8 Å². The van der Waals surface area contributed by atoms with Crippen LogP contribution >= 0.6 is 23.4 Å². The highest BCUT2D eigenvalue weighted by molar-refractivity contribution is 8.00. The second-order valence-electron chi connectivity index (χ2n) is 3.11.